The Balaban J connectivity index is 2.08. The first kappa shape index (κ1) is 8.95. The van der Waals surface area contributed by atoms with Gasteiger partial charge in [0.05, 0.1) is 0 Å². The highest BCUT2D eigenvalue weighted by atomic mass is 16.1. The van der Waals surface area contributed by atoms with Gasteiger partial charge in [0.25, 0.3) is 0 Å². The quantitative estimate of drug-likeness (QED) is 0.600. The minimum absolute atomic E-state index is 0.295. The van der Waals surface area contributed by atoms with E-state index in [1.165, 1.54) is 31.5 Å². The fourth-order valence-corrected chi connectivity index (χ4v) is 2.32. The molecule has 0 N–H and O–H groups in total. The molecule has 0 spiro atoms. The first-order valence-corrected chi connectivity index (χ1v) is 5.25. The first-order valence-electron chi connectivity index (χ1n) is 5.25. The molecule has 3 saturated heterocycles. The molecule has 2 heteroatoms. The van der Waals surface area contributed by atoms with Crippen LogP contribution in [0.2, 0.25) is 0 Å². The molecule has 0 radical (unpaired) electrons. The molecule has 2 bridgehead atoms. The van der Waals surface area contributed by atoms with Crippen molar-refractivity contribution in [2.45, 2.75) is 26.2 Å². The molecule has 0 aromatic rings. The molecule has 0 amide bonds. The summed E-state index contributed by atoms with van der Waals surface area (Å²) in [6.07, 6.45) is 5.08. The van der Waals surface area contributed by atoms with Gasteiger partial charge in [0.2, 0.25) is 0 Å². The second-order valence-electron chi connectivity index (χ2n) is 4.09. The molecule has 0 unspecified atom stereocenters. The van der Waals surface area contributed by atoms with Gasteiger partial charge in [0.15, 0.2) is 5.78 Å². The first-order chi connectivity index (χ1) is 6.29. The Morgan fingerprint density at radius 3 is 2.69 bits per heavy atom. The Kier molecular flexibility index (Phi) is 2.49. The van der Waals surface area contributed by atoms with E-state index < -0.39 is 0 Å². The van der Waals surface area contributed by atoms with Crippen LogP contribution in [0.25, 0.3) is 0 Å². The summed E-state index contributed by atoms with van der Waals surface area (Å²) in [5.74, 6) is 1.02. The third-order valence-electron chi connectivity index (χ3n) is 3.21. The highest BCUT2D eigenvalue weighted by Gasteiger charge is 2.29. The lowest BCUT2D eigenvalue weighted by Gasteiger charge is -2.40. The number of rotatable bonds is 2. The van der Waals surface area contributed by atoms with Gasteiger partial charge in [-0.2, -0.15) is 0 Å². The SMILES string of the molecule is CCC(=O)/C=C1\CN2CCC1CC2. The summed E-state index contributed by atoms with van der Waals surface area (Å²) in [6, 6.07) is 0. The predicted octanol–water partition coefficient (Wildman–Crippen LogP) is 1.62. The van der Waals surface area contributed by atoms with Crippen LogP contribution < -0.4 is 0 Å². The van der Waals surface area contributed by atoms with E-state index in [2.05, 4.69) is 4.90 Å². The predicted molar refractivity (Wildman–Crippen MR) is 52.5 cm³/mol. The summed E-state index contributed by atoms with van der Waals surface area (Å²) in [5, 5.41) is 0. The second kappa shape index (κ2) is 3.62. The largest absolute Gasteiger partial charge is 0.299 e. The van der Waals surface area contributed by atoms with Crippen molar-refractivity contribution in [2.24, 2.45) is 5.92 Å². The van der Waals surface area contributed by atoms with Gasteiger partial charge in [0, 0.05) is 13.0 Å². The molecule has 3 aliphatic rings. The highest BCUT2D eigenvalue weighted by molar-refractivity contribution is 5.90. The van der Waals surface area contributed by atoms with Gasteiger partial charge < -0.3 is 0 Å². The molecule has 0 aromatic carbocycles. The smallest absolute Gasteiger partial charge is 0.155 e. The van der Waals surface area contributed by atoms with Crippen molar-refractivity contribution in [3.63, 3.8) is 0 Å². The van der Waals surface area contributed by atoms with Crippen molar-refractivity contribution in [1.82, 2.24) is 4.90 Å². The third-order valence-corrected chi connectivity index (χ3v) is 3.21. The Bertz CT molecular complexity index is 236. The van der Waals surface area contributed by atoms with Gasteiger partial charge in [-0.1, -0.05) is 6.92 Å². The van der Waals surface area contributed by atoms with Gasteiger partial charge in [-0.05, 0) is 43.5 Å². The van der Waals surface area contributed by atoms with Crippen LogP contribution in [0.5, 0.6) is 0 Å². The van der Waals surface area contributed by atoms with Gasteiger partial charge in [-0.15, -0.1) is 0 Å². The van der Waals surface area contributed by atoms with Gasteiger partial charge in [-0.3, -0.25) is 9.69 Å². The van der Waals surface area contributed by atoms with E-state index in [-0.39, 0.29) is 0 Å². The summed E-state index contributed by atoms with van der Waals surface area (Å²) >= 11 is 0. The van der Waals surface area contributed by atoms with Crippen LogP contribution in [0.15, 0.2) is 11.6 Å². The van der Waals surface area contributed by atoms with Crippen molar-refractivity contribution in [1.29, 1.82) is 0 Å². The molecular formula is C11H17NO. The average molecular weight is 179 g/mol. The number of carbonyl (C=O) groups excluding carboxylic acids is 1. The molecule has 3 rings (SSSR count). The van der Waals surface area contributed by atoms with Gasteiger partial charge in [-0.25, -0.2) is 0 Å². The fourth-order valence-electron chi connectivity index (χ4n) is 2.32. The molecule has 3 fully saturated rings. The fraction of sp³-hybridized carbons (Fsp3) is 0.727. The van der Waals surface area contributed by atoms with Crippen LogP contribution in [0.3, 0.4) is 0 Å². The highest BCUT2D eigenvalue weighted by Crippen LogP contribution is 2.31. The number of piperidine rings is 3. The minimum atomic E-state index is 0.295. The van der Waals surface area contributed by atoms with Crippen LogP contribution in [-0.4, -0.2) is 30.3 Å². The number of fused-ring (bicyclic) bond motifs is 3. The van der Waals surface area contributed by atoms with Crippen molar-refractivity contribution >= 4 is 5.78 Å². The summed E-state index contributed by atoms with van der Waals surface area (Å²) in [6.45, 7) is 5.46. The molecule has 72 valence electrons. The number of carbonyl (C=O) groups is 1. The van der Waals surface area contributed by atoms with Crippen LogP contribution >= 0.6 is 0 Å². The van der Waals surface area contributed by atoms with E-state index >= 15 is 0 Å². The molecule has 13 heavy (non-hydrogen) atoms. The number of hydrogen-bond acceptors (Lipinski definition) is 2. The van der Waals surface area contributed by atoms with E-state index in [9.17, 15) is 4.79 Å². The molecule has 0 atom stereocenters. The lowest BCUT2D eigenvalue weighted by atomic mass is 9.83. The molecule has 2 nitrogen and oxygen atoms in total. The second-order valence-corrected chi connectivity index (χ2v) is 4.09. The number of allylic oxidation sites excluding steroid dienone is 1. The zero-order chi connectivity index (χ0) is 9.26. The minimum Gasteiger partial charge on any atom is -0.299 e. The van der Waals surface area contributed by atoms with Crippen molar-refractivity contribution in [3.8, 4) is 0 Å². The maximum Gasteiger partial charge on any atom is 0.155 e. The molecule has 0 saturated carbocycles. The zero-order valence-corrected chi connectivity index (χ0v) is 8.25. The van der Waals surface area contributed by atoms with E-state index in [0.717, 1.165) is 12.5 Å². The maximum atomic E-state index is 11.3. The van der Waals surface area contributed by atoms with Gasteiger partial charge >= 0.3 is 0 Å². The number of ketones is 1. The maximum absolute atomic E-state index is 11.3. The number of hydrogen-bond donors (Lipinski definition) is 0. The topological polar surface area (TPSA) is 20.3 Å². The Labute approximate surface area is 79.6 Å². The third kappa shape index (κ3) is 1.83. The Morgan fingerprint density at radius 1 is 1.54 bits per heavy atom. The van der Waals surface area contributed by atoms with E-state index in [1.54, 1.807) is 0 Å². The monoisotopic (exact) mass is 179 g/mol. The molecule has 3 heterocycles. The number of nitrogens with zero attached hydrogens (tertiary/aromatic N) is 1. The Morgan fingerprint density at radius 2 is 2.23 bits per heavy atom. The standard InChI is InChI=1S/C11H17NO/c1-2-11(13)7-10-8-12-5-3-9(10)4-6-12/h7,9H,2-6,8H2,1H3/b10-7+. The van der Waals surface area contributed by atoms with Crippen LogP contribution in [0, 0.1) is 5.92 Å². The molecular weight excluding hydrogens is 162 g/mol. The summed E-state index contributed by atoms with van der Waals surface area (Å²) < 4.78 is 0. The summed E-state index contributed by atoms with van der Waals surface area (Å²) in [7, 11) is 0. The van der Waals surface area contributed by atoms with Crippen molar-refractivity contribution in [3.05, 3.63) is 11.6 Å². The van der Waals surface area contributed by atoms with Crippen molar-refractivity contribution in [2.75, 3.05) is 19.6 Å². The lowest BCUT2D eigenvalue weighted by Crippen LogP contribution is -2.43. The van der Waals surface area contributed by atoms with Crippen LogP contribution in [-0.2, 0) is 4.79 Å². The lowest BCUT2D eigenvalue weighted by molar-refractivity contribution is -0.114. The summed E-state index contributed by atoms with van der Waals surface area (Å²) in [4.78, 5) is 13.7. The normalized spacial score (nSPS) is 35.3. The van der Waals surface area contributed by atoms with E-state index in [1.807, 2.05) is 13.0 Å². The van der Waals surface area contributed by atoms with Gasteiger partial charge in [0.1, 0.15) is 0 Å². The van der Waals surface area contributed by atoms with E-state index in [4.69, 9.17) is 0 Å². The molecule has 3 aliphatic heterocycles. The zero-order valence-electron chi connectivity index (χ0n) is 8.25. The van der Waals surface area contributed by atoms with Crippen LogP contribution in [0.4, 0.5) is 0 Å². The molecule has 0 aromatic heterocycles. The Hall–Kier alpha value is -0.630. The summed E-state index contributed by atoms with van der Waals surface area (Å²) in [5.41, 5.74) is 1.39. The van der Waals surface area contributed by atoms with Crippen LogP contribution in [0.1, 0.15) is 26.2 Å². The van der Waals surface area contributed by atoms with Crippen molar-refractivity contribution < 1.29 is 4.79 Å². The molecule has 0 aliphatic carbocycles. The van der Waals surface area contributed by atoms with E-state index in [0.29, 0.717) is 12.2 Å². The average Bonchev–Trinajstić information content (AvgIpc) is 2.19.